The summed E-state index contributed by atoms with van der Waals surface area (Å²) in [4.78, 5) is 4.19. The van der Waals surface area contributed by atoms with E-state index in [-0.39, 0.29) is 0 Å². The largest absolute Gasteiger partial charge is 0.314 e. The van der Waals surface area contributed by atoms with Crippen molar-refractivity contribution in [2.45, 2.75) is 58.7 Å². The fourth-order valence-electron chi connectivity index (χ4n) is 2.74. The van der Waals surface area contributed by atoms with Gasteiger partial charge in [-0.1, -0.05) is 6.92 Å². The molecule has 3 heteroatoms. The van der Waals surface area contributed by atoms with Crippen molar-refractivity contribution < 1.29 is 0 Å². The Hall–Kier alpha value is -0.380. The number of rotatable bonds is 5. The number of aryl methyl sites for hydroxylation is 1. The fourth-order valence-corrected chi connectivity index (χ4v) is 3.67. The molecular formula is C15H26N2S. The lowest BCUT2D eigenvalue weighted by Gasteiger charge is -2.38. The van der Waals surface area contributed by atoms with E-state index >= 15 is 0 Å². The summed E-state index contributed by atoms with van der Waals surface area (Å²) < 4.78 is 0. The van der Waals surface area contributed by atoms with Crippen LogP contribution in [0.15, 0.2) is 11.4 Å². The SMILES string of the molecule is CCCNC1CCN(Cc2sccc2C)C(C)C1. The highest BCUT2D eigenvalue weighted by Crippen LogP contribution is 2.23. The van der Waals surface area contributed by atoms with E-state index in [2.05, 4.69) is 42.4 Å². The zero-order valence-electron chi connectivity index (χ0n) is 11.9. The minimum Gasteiger partial charge on any atom is -0.314 e. The molecule has 1 fully saturated rings. The maximum absolute atomic E-state index is 3.67. The molecule has 2 rings (SSSR count). The first-order valence-electron chi connectivity index (χ1n) is 7.21. The van der Waals surface area contributed by atoms with Crippen LogP contribution in [0.3, 0.4) is 0 Å². The Morgan fingerprint density at radius 2 is 2.33 bits per heavy atom. The molecular weight excluding hydrogens is 240 g/mol. The fraction of sp³-hybridized carbons (Fsp3) is 0.733. The highest BCUT2D eigenvalue weighted by atomic mass is 32.1. The molecule has 1 aliphatic rings. The van der Waals surface area contributed by atoms with Crippen LogP contribution in [0, 0.1) is 6.92 Å². The van der Waals surface area contributed by atoms with Gasteiger partial charge in [0.15, 0.2) is 0 Å². The Kier molecular flexibility index (Phi) is 5.22. The summed E-state index contributed by atoms with van der Waals surface area (Å²) >= 11 is 1.90. The van der Waals surface area contributed by atoms with Gasteiger partial charge in [-0.25, -0.2) is 0 Å². The number of thiophene rings is 1. The molecule has 2 nitrogen and oxygen atoms in total. The number of nitrogens with one attached hydrogen (secondary N) is 1. The zero-order valence-corrected chi connectivity index (χ0v) is 12.7. The molecule has 0 spiro atoms. The van der Waals surface area contributed by atoms with E-state index < -0.39 is 0 Å². The molecule has 0 radical (unpaired) electrons. The van der Waals surface area contributed by atoms with Crippen molar-refractivity contribution in [3.63, 3.8) is 0 Å². The Balaban J connectivity index is 1.84. The highest BCUT2D eigenvalue weighted by Gasteiger charge is 2.25. The van der Waals surface area contributed by atoms with Crippen LogP contribution >= 0.6 is 11.3 Å². The van der Waals surface area contributed by atoms with Crippen LogP contribution in [0.5, 0.6) is 0 Å². The zero-order chi connectivity index (χ0) is 13.0. The van der Waals surface area contributed by atoms with Gasteiger partial charge in [0.25, 0.3) is 0 Å². The van der Waals surface area contributed by atoms with Crippen molar-refractivity contribution in [3.8, 4) is 0 Å². The van der Waals surface area contributed by atoms with Crippen LogP contribution < -0.4 is 5.32 Å². The van der Waals surface area contributed by atoms with E-state index in [9.17, 15) is 0 Å². The van der Waals surface area contributed by atoms with Gasteiger partial charge in [-0.2, -0.15) is 0 Å². The topological polar surface area (TPSA) is 15.3 Å². The van der Waals surface area contributed by atoms with E-state index in [4.69, 9.17) is 0 Å². The van der Waals surface area contributed by atoms with Crippen molar-refractivity contribution in [1.82, 2.24) is 10.2 Å². The lowest BCUT2D eigenvalue weighted by Crippen LogP contribution is -2.47. The van der Waals surface area contributed by atoms with Crippen LogP contribution in [0.2, 0.25) is 0 Å². The number of piperidine rings is 1. The lowest BCUT2D eigenvalue weighted by atomic mass is 9.98. The van der Waals surface area contributed by atoms with Crippen LogP contribution in [0.1, 0.15) is 43.6 Å². The molecule has 2 heterocycles. The third-order valence-electron chi connectivity index (χ3n) is 4.01. The quantitative estimate of drug-likeness (QED) is 0.878. The van der Waals surface area contributed by atoms with Gasteiger partial charge in [0, 0.05) is 30.1 Å². The Morgan fingerprint density at radius 3 is 2.94 bits per heavy atom. The number of likely N-dealkylation sites (tertiary alicyclic amines) is 1. The summed E-state index contributed by atoms with van der Waals surface area (Å²) in [7, 11) is 0. The Bertz CT molecular complexity index is 361. The summed E-state index contributed by atoms with van der Waals surface area (Å²) in [6, 6.07) is 3.68. The molecule has 1 aromatic heterocycles. The van der Waals surface area contributed by atoms with Gasteiger partial charge in [-0.05, 0) is 56.7 Å². The molecule has 1 saturated heterocycles. The molecule has 0 bridgehead atoms. The minimum atomic E-state index is 0.703. The monoisotopic (exact) mass is 266 g/mol. The highest BCUT2D eigenvalue weighted by molar-refractivity contribution is 7.10. The maximum atomic E-state index is 3.67. The van der Waals surface area contributed by atoms with Crippen molar-refractivity contribution in [2.75, 3.05) is 13.1 Å². The second kappa shape index (κ2) is 6.69. The molecule has 1 aromatic rings. The first-order chi connectivity index (χ1) is 8.70. The summed E-state index contributed by atoms with van der Waals surface area (Å²) in [5.74, 6) is 0. The third-order valence-corrected chi connectivity index (χ3v) is 5.02. The van der Waals surface area contributed by atoms with E-state index in [0.29, 0.717) is 6.04 Å². The van der Waals surface area contributed by atoms with E-state index in [1.807, 2.05) is 11.3 Å². The maximum Gasteiger partial charge on any atom is 0.0333 e. The third kappa shape index (κ3) is 3.56. The van der Waals surface area contributed by atoms with E-state index in [1.165, 1.54) is 37.9 Å². The summed E-state index contributed by atoms with van der Waals surface area (Å²) in [6.45, 7) is 10.4. The first-order valence-corrected chi connectivity index (χ1v) is 8.09. The van der Waals surface area contributed by atoms with Crippen molar-refractivity contribution in [1.29, 1.82) is 0 Å². The molecule has 0 saturated carbocycles. The molecule has 0 aliphatic carbocycles. The van der Waals surface area contributed by atoms with Gasteiger partial charge in [0.1, 0.15) is 0 Å². The van der Waals surface area contributed by atoms with Crippen LogP contribution in [0.25, 0.3) is 0 Å². The molecule has 1 aliphatic heterocycles. The molecule has 2 atom stereocenters. The number of hydrogen-bond acceptors (Lipinski definition) is 3. The first kappa shape index (κ1) is 14.0. The van der Waals surface area contributed by atoms with Crippen molar-refractivity contribution >= 4 is 11.3 Å². The molecule has 1 N–H and O–H groups in total. The Labute approximate surface area is 115 Å². The van der Waals surface area contributed by atoms with E-state index in [1.54, 1.807) is 4.88 Å². The predicted octanol–water partition coefficient (Wildman–Crippen LogP) is 3.41. The van der Waals surface area contributed by atoms with Crippen LogP contribution in [0.4, 0.5) is 0 Å². The molecule has 102 valence electrons. The normalized spacial score (nSPS) is 25.5. The summed E-state index contributed by atoms with van der Waals surface area (Å²) in [5, 5.41) is 5.88. The van der Waals surface area contributed by atoms with E-state index in [0.717, 1.165) is 12.6 Å². The van der Waals surface area contributed by atoms with Gasteiger partial charge in [-0.15, -0.1) is 11.3 Å². The Morgan fingerprint density at radius 1 is 1.50 bits per heavy atom. The summed E-state index contributed by atoms with van der Waals surface area (Å²) in [5.41, 5.74) is 1.46. The summed E-state index contributed by atoms with van der Waals surface area (Å²) in [6.07, 6.45) is 3.84. The molecule has 18 heavy (non-hydrogen) atoms. The lowest BCUT2D eigenvalue weighted by molar-refractivity contribution is 0.130. The van der Waals surface area contributed by atoms with Gasteiger partial charge in [0.2, 0.25) is 0 Å². The number of hydrogen-bond donors (Lipinski definition) is 1. The van der Waals surface area contributed by atoms with Crippen molar-refractivity contribution in [3.05, 3.63) is 21.9 Å². The molecule has 0 amide bonds. The number of nitrogens with zero attached hydrogens (tertiary/aromatic N) is 1. The molecule has 0 aromatic carbocycles. The standard InChI is InChI=1S/C15H26N2S/c1-4-7-16-14-5-8-17(13(3)10-14)11-15-12(2)6-9-18-15/h6,9,13-14,16H,4-5,7-8,10-11H2,1-3H3. The van der Waals surface area contributed by atoms with Gasteiger partial charge in [-0.3, -0.25) is 4.90 Å². The smallest absolute Gasteiger partial charge is 0.0333 e. The second-order valence-corrected chi connectivity index (χ2v) is 6.52. The minimum absolute atomic E-state index is 0.703. The average molecular weight is 266 g/mol. The van der Waals surface area contributed by atoms with Gasteiger partial charge in [0.05, 0.1) is 0 Å². The van der Waals surface area contributed by atoms with Gasteiger partial charge < -0.3 is 5.32 Å². The predicted molar refractivity (Wildman–Crippen MR) is 80.2 cm³/mol. The molecule has 2 unspecified atom stereocenters. The van der Waals surface area contributed by atoms with Gasteiger partial charge >= 0.3 is 0 Å². The van der Waals surface area contributed by atoms with Crippen LogP contribution in [-0.2, 0) is 6.54 Å². The van der Waals surface area contributed by atoms with Crippen molar-refractivity contribution in [2.24, 2.45) is 0 Å². The van der Waals surface area contributed by atoms with Crippen LogP contribution in [-0.4, -0.2) is 30.1 Å². The average Bonchev–Trinajstić information content (AvgIpc) is 2.75. The second-order valence-electron chi connectivity index (χ2n) is 5.52.